The Bertz CT molecular complexity index is 408. The Morgan fingerprint density at radius 3 is 2.71 bits per heavy atom. The molecule has 0 amide bonds. The predicted octanol–water partition coefficient (Wildman–Crippen LogP) is 3.23. The van der Waals surface area contributed by atoms with Crippen LogP contribution in [0.2, 0.25) is 0 Å². The molecule has 0 aromatic heterocycles. The molecule has 0 aliphatic heterocycles. The summed E-state index contributed by atoms with van der Waals surface area (Å²) in [5.74, 6) is 0.691. The van der Waals surface area contributed by atoms with Gasteiger partial charge in [-0.2, -0.15) is 0 Å². The average Bonchev–Trinajstić information content (AvgIpc) is 2.22. The lowest BCUT2D eigenvalue weighted by atomic mass is 9.73. The lowest BCUT2D eigenvalue weighted by Gasteiger charge is -2.39. The maximum absolute atomic E-state index is 10.8. The maximum Gasteiger partial charge on any atom is 0.335 e. The van der Waals surface area contributed by atoms with Crippen LogP contribution in [-0.2, 0) is 0 Å². The molecule has 1 fully saturated rings. The number of rotatable bonds is 4. The van der Waals surface area contributed by atoms with Crippen molar-refractivity contribution in [3.8, 4) is 0 Å². The quantitative estimate of drug-likeness (QED) is 0.839. The lowest BCUT2D eigenvalue weighted by molar-refractivity contribution is 0.0697. The van der Waals surface area contributed by atoms with Crippen LogP contribution in [0.25, 0.3) is 0 Å². The second-order valence-electron chi connectivity index (χ2n) is 5.20. The van der Waals surface area contributed by atoms with Gasteiger partial charge in [0.25, 0.3) is 0 Å². The molecule has 1 aromatic carbocycles. The van der Waals surface area contributed by atoms with E-state index in [0.717, 1.165) is 17.5 Å². The molecule has 1 aromatic rings. The van der Waals surface area contributed by atoms with Gasteiger partial charge in [0.05, 0.1) is 5.56 Å². The molecule has 17 heavy (non-hydrogen) atoms. The molecule has 1 aliphatic rings. The van der Waals surface area contributed by atoms with E-state index in [-0.39, 0.29) is 0 Å². The van der Waals surface area contributed by atoms with Crippen molar-refractivity contribution in [2.24, 2.45) is 11.8 Å². The van der Waals surface area contributed by atoms with Gasteiger partial charge in [0.2, 0.25) is 0 Å². The van der Waals surface area contributed by atoms with Crippen LogP contribution in [0, 0.1) is 11.8 Å². The van der Waals surface area contributed by atoms with Crippen molar-refractivity contribution >= 4 is 11.7 Å². The number of aromatic carboxylic acids is 1. The molecule has 0 atom stereocenters. The molecule has 0 unspecified atom stereocenters. The van der Waals surface area contributed by atoms with E-state index >= 15 is 0 Å². The number of carbonyl (C=O) groups is 1. The van der Waals surface area contributed by atoms with E-state index in [1.54, 1.807) is 18.2 Å². The number of nitrogens with one attached hydrogen (secondary N) is 1. The summed E-state index contributed by atoms with van der Waals surface area (Å²) in [5.41, 5.74) is 1.26. The van der Waals surface area contributed by atoms with Gasteiger partial charge in [-0.25, -0.2) is 4.79 Å². The van der Waals surface area contributed by atoms with Gasteiger partial charge in [0.15, 0.2) is 0 Å². The molecule has 1 saturated carbocycles. The standard InChI is InChI=1S/C14H19NO2/c1-9(2)11-7-13(8-11)15-12-5-3-4-10(6-12)14(16)17/h3-6,9,11,13,15H,7-8H2,1-2H3,(H,16,17). The largest absolute Gasteiger partial charge is 0.478 e. The molecule has 0 saturated heterocycles. The van der Waals surface area contributed by atoms with Crippen molar-refractivity contribution in [3.63, 3.8) is 0 Å². The number of anilines is 1. The zero-order chi connectivity index (χ0) is 12.4. The Balaban J connectivity index is 1.92. The van der Waals surface area contributed by atoms with E-state index in [4.69, 9.17) is 5.11 Å². The maximum atomic E-state index is 10.8. The van der Waals surface area contributed by atoms with Gasteiger partial charge in [-0.05, 0) is 42.9 Å². The summed E-state index contributed by atoms with van der Waals surface area (Å²) in [6.45, 7) is 4.51. The summed E-state index contributed by atoms with van der Waals surface area (Å²) in [6.07, 6.45) is 2.38. The number of hydrogen-bond acceptors (Lipinski definition) is 2. The van der Waals surface area contributed by atoms with Crippen molar-refractivity contribution in [1.82, 2.24) is 0 Å². The molecular weight excluding hydrogens is 214 g/mol. The number of carboxylic acid groups (broad SMARTS) is 1. The van der Waals surface area contributed by atoms with E-state index in [9.17, 15) is 4.79 Å². The van der Waals surface area contributed by atoms with E-state index in [1.165, 1.54) is 12.8 Å². The van der Waals surface area contributed by atoms with Gasteiger partial charge in [0.1, 0.15) is 0 Å². The molecule has 3 nitrogen and oxygen atoms in total. The molecule has 0 spiro atoms. The first-order valence-electron chi connectivity index (χ1n) is 6.16. The Labute approximate surface area is 102 Å². The van der Waals surface area contributed by atoms with Crippen molar-refractivity contribution in [3.05, 3.63) is 29.8 Å². The molecule has 1 aliphatic carbocycles. The van der Waals surface area contributed by atoms with Crippen LogP contribution in [0.15, 0.2) is 24.3 Å². The van der Waals surface area contributed by atoms with Gasteiger partial charge in [-0.15, -0.1) is 0 Å². The minimum atomic E-state index is -0.873. The number of carboxylic acids is 1. The summed E-state index contributed by atoms with van der Waals surface area (Å²) in [6, 6.07) is 7.53. The van der Waals surface area contributed by atoms with E-state index in [1.807, 2.05) is 6.07 Å². The van der Waals surface area contributed by atoms with E-state index in [2.05, 4.69) is 19.2 Å². The Kier molecular flexibility index (Phi) is 3.36. The second-order valence-corrected chi connectivity index (χ2v) is 5.20. The van der Waals surface area contributed by atoms with Crippen LogP contribution in [0.1, 0.15) is 37.0 Å². The molecule has 2 rings (SSSR count). The highest BCUT2D eigenvalue weighted by molar-refractivity contribution is 5.88. The number of hydrogen-bond donors (Lipinski definition) is 2. The van der Waals surface area contributed by atoms with E-state index < -0.39 is 5.97 Å². The minimum absolute atomic E-state index is 0.342. The first-order valence-corrected chi connectivity index (χ1v) is 6.16. The molecular formula is C14H19NO2. The first-order chi connectivity index (χ1) is 8.06. The Hall–Kier alpha value is -1.51. The van der Waals surface area contributed by atoms with Crippen LogP contribution in [0.4, 0.5) is 5.69 Å². The van der Waals surface area contributed by atoms with E-state index in [0.29, 0.717) is 11.6 Å². The second kappa shape index (κ2) is 4.78. The van der Waals surface area contributed by atoms with Gasteiger partial charge < -0.3 is 10.4 Å². The van der Waals surface area contributed by atoms with Crippen LogP contribution in [0.5, 0.6) is 0 Å². The zero-order valence-corrected chi connectivity index (χ0v) is 10.3. The average molecular weight is 233 g/mol. The monoisotopic (exact) mass is 233 g/mol. The number of benzene rings is 1. The summed E-state index contributed by atoms with van der Waals surface area (Å²) in [5, 5.41) is 12.3. The summed E-state index contributed by atoms with van der Waals surface area (Å²) in [7, 11) is 0. The van der Waals surface area contributed by atoms with Gasteiger partial charge in [-0.1, -0.05) is 19.9 Å². The van der Waals surface area contributed by atoms with Crippen molar-refractivity contribution < 1.29 is 9.90 Å². The minimum Gasteiger partial charge on any atom is -0.478 e. The fraction of sp³-hybridized carbons (Fsp3) is 0.500. The zero-order valence-electron chi connectivity index (χ0n) is 10.3. The fourth-order valence-corrected chi connectivity index (χ4v) is 2.30. The van der Waals surface area contributed by atoms with Crippen molar-refractivity contribution in [1.29, 1.82) is 0 Å². The van der Waals surface area contributed by atoms with Crippen LogP contribution >= 0.6 is 0 Å². The third-order valence-electron chi connectivity index (χ3n) is 3.60. The first kappa shape index (κ1) is 12.0. The highest BCUT2D eigenvalue weighted by atomic mass is 16.4. The lowest BCUT2D eigenvalue weighted by Crippen LogP contribution is -2.37. The molecule has 3 heteroatoms. The summed E-state index contributed by atoms with van der Waals surface area (Å²) in [4.78, 5) is 10.8. The molecule has 0 heterocycles. The SMILES string of the molecule is CC(C)C1CC(Nc2cccc(C(=O)O)c2)C1. The molecule has 2 N–H and O–H groups in total. The predicted molar refractivity (Wildman–Crippen MR) is 68.4 cm³/mol. The van der Waals surface area contributed by atoms with Crippen LogP contribution in [-0.4, -0.2) is 17.1 Å². The van der Waals surface area contributed by atoms with Crippen molar-refractivity contribution in [2.75, 3.05) is 5.32 Å². The smallest absolute Gasteiger partial charge is 0.335 e. The van der Waals surface area contributed by atoms with Crippen molar-refractivity contribution in [2.45, 2.75) is 32.7 Å². The summed E-state index contributed by atoms with van der Waals surface area (Å²) >= 11 is 0. The highest BCUT2D eigenvalue weighted by Gasteiger charge is 2.30. The Morgan fingerprint density at radius 2 is 2.12 bits per heavy atom. The fourth-order valence-electron chi connectivity index (χ4n) is 2.30. The molecule has 92 valence electrons. The van der Waals surface area contributed by atoms with Crippen LogP contribution < -0.4 is 5.32 Å². The topological polar surface area (TPSA) is 49.3 Å². The molecule has 0 bridgehead atoms. The third-order valence-corrected chi connectivity index (χ3v) is 3.60. The van der Waals surface area contributed by atoms with Gasteiger partial charge in [0, 0.05) is 11.7 Å². The highest BCUT2D eigenvalue weighted by Crippen LogP contribution is 2.35. The van der Waals surface area contributed by atoms with Crippen LogP contribution in [0.3, 0.4) is 0 Å². The molecule has 0 radical (unpaired) electrons. The van der Waals surface area contributed by atoms with Gasteiger partial charge in [-0.3, -0.25) is 0 Å². The Morgan fingerprint density at radius 1 is 1.41 bits per heavy atom. The normalized spacial score (nSPS) is 23.2. The van der Waals surface area contributed by atoms with Gasteiger partial charge >= 0.3 is 5.97 Å². The summed E-state index contributed by atoms with van der Waals surface area (Å²) < 4.78 is 0. The third kappa shape index (κ3) is 2.78.